The normalized spacial score (nSPS) is 22.9. The smallest absolute Gasteiger partial charge is 0.200 e. The van der Waals surface area contributed by atoms with Crippen molar-refractivity contribution in [3.8, 4) is 5.75 Å². The largest absolute Gasteiger partial charge is 0.465 e. The number of rotatable bonds is 3. The minimum Gasteiger partial charge on any atom is -0.465 e. The van der Waals surface area contributed by atoms with Crippen LogP contribution < -0.4 is 4.74 Å². The van der Waals surface area contributed by atoms with Crippen LogP contribution in [0.4, 0.5) is 0 Å². The van der Waals surface area contributed by atoms with Gasteiger partial charge in [-0.25, -0.2) is 0 Å². The summed E-state index contributed by atoms with van der Waals surface area (Å²) in [6, 6.07) is 20.5. The predicted molar refractivity (Wildman–Crippen MR) is 75.2 cm³/mol. The van der Waals surface area contributed by atoms with Crippen LogP contribution in [0, 0.1) is 0 Å². The molecule has 2 atom stereocenters. The van der Waals surface area contributed by atoms with Crippen molar-refractivity contribution in [2.75, 3.05) is 6.61 Å². The third-order valence-corrected chi connectivity index (χ3v) is 3.53. The lowest BCUT2D eigenvalue weighted by molar-refractivity contribution is -0.112. The fourth-order valence-corrected chi connectivity index (χ4v) is 2.52. The standard InChI is InChI=1S/C17H18O2/c1-3-7-14(8-4-1)15-11-12-18-17(13-15)19-16-9-5-2-6-10-16/h1-10,15,17H,11-13H2/t15-,17-/m0/s1. The van der Waals surface area contributed by atoms with Gasteiger partial charge >= 0.3 is 0 Å². The van der Waals surface area contributed by atoms with Crippen LogP contribution in [0.2, 0.25) is 0 Å². The number of hydrogen-bond donors (Lipinski definition) is 0. The van der Waals surface area contributed by atoms with Gasteiger partial charge in [-0.1, -0.05) is 48.5 Å². The summed E-state index contributed by atoms with van der Waals surface area (Å²) in [4.78, 5) is 0. The van der Waals surface area contributed by atoms with E-state index in [0.717, 1.165) is 25.2 Å². The van der Waals surface area contributed by atoms with Crippen LogP contribution >= 0.6 is 0 Å². The van der Waals surface area contributed by atoms with Crippen LogP contribution in [0.3, 0.4) is 0 Å². The van der Waals surface area contributed by atoms with E-state index in [0.29, 0.717) is 5.92 Å². The molecule has 0 radical (unpaired) electrons. The van der Waals surface area contributed by atoms with Crippen molar-refractivity contribution in [1.29, 1.82) is 0 Å². The average Bonchev–Trinajstić information content (AvgIpc) is 2.49. The van der Waals surface area contributed by atoms with Gasteiger partial charge in [0.1, 0.15) is 5.75 Å². The first-order valence-corrected chi connectivity index (χ1v) is 6.80. The Bertz CT molecular complexity index is 495. The zero-order valence-electron chi connectivity index (χ0n) is 10.9. The van der Waals surface area contributed by atoms with E-state index in [4.69, 9.17) is 9.47 Å². The first kappa shape index (κ1) is 12.2. The van der Waals surface area contributed by atoms with E-state index >= 15 is 0 Å². The molecule has 0 unspecified atom stereocenters. The predicted octanol–water partition coefficient (Wildman–Crippen LogP) is 3.99. The van der Waals surface area contributed by atoms with Crippen molar-refractivity contribution in [1.82, 2.24) is 0 Å². The highest BCUT2D eigenvalue weighted by atomic mass is 16.7. The maximum absolute atomic E-state index is 5.88. The highest BCUT2D eigenvalue weighted by molar-refractivity contribution is 5.22. The van der Waals surface area contributed by atoms with Gasteiger partial charge in [0.05, 0.1) is 6.61 Å². The van der Waals surface area contributed by atoms with Gasteiger partial charge in [-0.15, -0.1) is 0 Å². The van der Waals surface area contributed by atoms with Crippen molar-refractivity contribution in [3.63, 3.8) is 0 Å². The highest BCUT2D eigenvalue weighted by Crippen LogP contribution is 2.30. The van der Waals surface area contributed by atoms with Crippen LogP contribution in [0.1, 0.15) is 24.3 Å². The van der Waals surface area contributed by atoms with Crippen LogP contribution in [0.15, 0.2) is 60.7 Å². The summed E-state index contributed by atoms with van der Waals surface area (Å²) in [6.07, 6.45) is 1.85. The Hall–Kier alpha value is -1.80. The van der Waals surface area contributed by atoms with Gasteiger partial charge in [0.15, 0.2) is 6.29 Å². The lowest BCUT2D eigenvalue weighted by atomic mass is 9.91. The van der Waals surface area contributed by atoms with Crippen molar-refractivity contribution in [2.24, 2.45) is 0 Å². The molecule has 2 aromatic carbocycles. The fraction of sp³-hybridized carbons (Fsp3) is 0.294. The van der Waals surface area contributed by atoms with Gasteiger partial charge < -0.3 is 9.47 Å². The molecule has 98 valence electrons. The Morgan fingerprint density at radius 3 is 2.32 bits per heavy atom. The van der Waals surface area contributed by atoms with Crippen LogP contribution in [0.5, 0.6) is 5.75 Å². The van der Waals surface area contributed by atoms with Crippen LogP contribution in [-0.2, 0) is 4.74 Å². The Morgan fingerprint density at radius 2 is 1.58 bits per heavy atom. The summed E-state index contributed by atoms with van der Waals surface area (Å²) < 4.78 is 11.6. The van der Waals surface area contributed by atoms with Gasteiger partial charge in [-0.05, 0) is 30.0 Å². The molecule has 0 saturated carbocycles. The molecule has 1 fully saturated rings. The molecule has 2 aromatic rings. The van der Waals surface area contributed by atoms with E-state index < -0.39 is 0 Å². The molecule has 0 aromatic heterocycles. The third kappa shape index (κ3) is 3.15. The average molecular weight is 254 g/mol. The number of benzene rings is 2. The molecule has 0 aliphatic carbocycles. The molecule has 1 aliphatic heterocycles. The molecule has 0 N–H and O–H groups in total. The molecule has 0 spiro atoms. The second kappa shape index (κ2) is 5.89. The van der Waals surface area contributed by atoms with E-state index in [1.165, 1.54) is 5.56 Å². The van der Waals surface area contributed by atoms with E-state index in [1.54, 1.807) is 0 Å². The second-order valence-corrected chi connectivity index (χ2v) is 4.86. The highest BCUT2D eigenvalue weighted by Gasteiger charge is 2.24. The Morgan fingerprint density at radius 1 is 0.895 bits per heavy atom. The molecule has 0 amide bonds. The summed E-state index contributed by atoms with van der Waals surface area (Å²) in [5, 5.41) is 0. The molecule has 1 heterocycles. The molecular weight excluding hydrogens is 236 g/mol. The van der Waals surface area contributed by atoms with Crippen molar-refractivity contribution in [3.05, 3.63) is 66.2 Å². The maximum atomic E-state index is 5.88. The molecule has 0 bridgehead atoms. The summed E-state index contributed by atoms with van der Waals surface area (Å²) in [7, 11) is 0. The molecule has 19 heavy (non-hydrogen) atoms. The topological polar surface area (TPSA) is 18.5 Å². The molecule has 1 saturated heterocycles. The first-order chi connectivity index (χ1) is 9.42. The Labute approximate surface area is 114 Å². The lowest BCUT2D eigenvalue weighted by Crippen LogP contribution is -2.29. The van der Waals surface area contributed by atoms with Gasteiger partial charge in [-0.2, -0.15) is 0 Å². The lowest BCUT2D eigenvalue weighted by Gasteiger charge is -2.30. The zero-order chi connectivity index (χ0) is 12.9. The van der Waals surface area contributed by atoms with E-state index in [-0.39, 0.29) is 6.29 Å². The minimum atomic E-state index is -0.138. The first-order valence-electron chi connectivity index (χ1n) is 6.80. The van der Waals surface area contributed by atoms with Gasteiger partial charge in [-0.3, -0.25) is 0 Å². The zero-order valence-corrected chi connectivity index (χ0v) is 10.9. The van der Waals surface area contributed by atoms with Gasteiger partial charge in [0.2, 0.25) is 0 Å². The number of para-hydroxylation sites is 1. The Kier molecular flexibility index (Phi) is 3.80. The second-order valence-electron chi connectivity index (χ2n) is 4.86. The van der Waals surface area contributed by atoms with E-state index in [1.807, 2.05) is 30.3 Å². The molecular formula is C17H18O2. The fourth-order valence-electron chi connectivity index (χ4n) is 2.52. The van der Waals surface area contributed by atoms with E-state index in [9.17, 15) is 0 Å². The minimum absolute atomic E-state index is 0.138. The molecule has 2 nitrogen and oxygen atoms in total. The summed E-state index contributed by atoms with van der Waals surface area (Å²) in [6.45, 7) is 0.761. The number of ether oxygens (including phenoxy) is 2. The van der Waals surface area contributed by atoms with Crippen molar-refractivity contribution < 1.29 is 9.47 Å². The van der Waals surface area contributed by atoms with Gasteiger partial charge in [0, 0.05) is 6.42 Å². The Balaban J connectivity index is 1.65. The van der Waals surface area contributed by atoms with Crippen LogP contribution in [0.25, 0.3) is 0 Å². The van der Waals surface area contributed by atoms with E-state index in [2.05, 4.69) is 30.3 Å². The molecule has 2 heteroatoms. The maximum Gasteiger partial charge on any atom is 0.200 e. The summed E-state index contributed by atoms with van der Waals surface area (Å²) in [5.41, 5.74) is 1.38. The molecule has 3 rings (SSSR count). The third-order valence-electron chi connectivity index (χ3n) is 3.53. The van der Waals surface area contributed by atoms with Crippen LogP contribution in [-0.4, -0.2) is 12.9 Å². The summed E-state index contributed by atoms with van der Waals surface area (Å²) in [5.74, 6) is 1.41. The summed E-state index contributed by atoms with van der Waals surface area (Å²) >= 11 is 0. The van der Waals surface area contributed by atoms with Gasteiger partial charge in [0.25, 0.3) is 0 Å². The van der Waals surface area contributed by atoms with Crippen molar-refractivity contribution >= 4 is 0 Å². The molecule has 1 aliphatic rings. The van der Waals surface area contributed by atoms with Crippen molar-refractivity contribution in [2.45, 2.75) is 25.0 Å². The quantitative estimate of drug-likeness (QED) is 0.824. The SMILES string of the molecule is c1ccc(O[C@H]2C[C@@H](c3ccccc3)CCO2)cc1. The monoisotopic (exact) mass is 254 g/mol. The number of hydrogen-bond acceptors (Lipinski definition) is 2.